The molecule has 8 rings (SSSR count). The van der Waals surface area contributed by atoms with Crippen LogP contribution >= 0.6 is 23.2 Å². The van der Waals surface area contributed by atoms with Gasteiger partial charge in [-0.1, -0.05) is 41.4 Å². The third-order valence-corrected chi connectivity index (χ3v) is 11.0. The maximum atomic E-state index is 16.2. The highest BCUT2D eigenvalue weighted by Gasteiger charge is 2.68. The standard InChI is InChI=1S/C35H34Cl2FN5O3/c1-3-41(4-2)32(44)20-10-12-22-27(14-20)40-43-17-24-29(18-46-33(22)43)42(16-19-8-9-19)35(30(24)23-6-5-7-26(37)31(23)38)25-13-11-21(36)15-28(25)39-34(35)45/h5-7,10-15,19,24,29-30H,3-4,8-9,16-18H2,1-2H3,(H,39,45)/t24-,29+,30+,35-/m1/s1. The van der Waals surface area contributed by atoms with Gasteiger partial charge in [0.05, 0.1) is 22.0 Å². The number of halogens is 3. The predicted octanol–water partition coefficient (Wildman–Crippen LogP) is 6.70. The number of aromatic nitrogens is 2. The third kappa shape index (κ3) is 4.31. The van der Waals surface area contributed by atoms with Crippen LogP contribution in [0.4, 0.5) is 10.1 Å². The zero-order chi connectivity index (χ0) is 31.9. The van der Waals surface area contributed by atoms with E-state index >= 15 is 4.39 Å². The molecule has 11 heteroatoms. The summed E-state index contributed by atoms with van der Waals surface area (Å²) in [5.74, 6) is -0.607. The molecule has 0 bridgehead atoms. The van der Waals surface area contributed by atoms with Crippen LogP contribution in [-0.2, 0) is 16.9 Å². The van der Waals surface area contributed by atoms with E-state index in [1.807, 2.05) is 42.8 Å². The maximum Gasteiger partial charge on any atom is 0.253 e. The van der Waals surface area contributed by atoms with Crippen LogP contribution in [0.1, 0.15) is 54.1 Å². The molecule has 3 aliphatic heterocycles. The minimum Gasteiger partial charge on any atom is -0.476 e. The van der Waals surface area contributed by atoms with E-state index in [0.29, 0.717) is 65.3 Å². The number of carbonyl (C=O) groups excluding carboxylic acids is 2. The summed E-state index contributed by atoms with van der Waals surface area (Å²) in [6.45, 7) is 6.49. The lowest BCUT2D eigenvalue weighted by atomic mass is 9.71. The highest BCUT2D eigenvalue weighted by Crippen LogP contribution is 2.61. The average molecular weight is 663 g/mol. The molecule has 8 nitrogen and oxygen atoms in total. The number of hydrogen-bond donors (Lipinski definition) is 1. The largest absolute Gasteiger partial charge is 0.476 e. The van der Waals surface area contributed by atoms with Crippen molar-refractivity contribution in [3.8, 4) is 5.88 Å². The van der Waals surface area contributed by atoms with Gasteiger partial charge in [-0.2, -0.15) is 5.10 Å². The van der Waals surface area contributed by atoms with E-state index in [4.69, 9.17) is 33.0 Å². The van der Waals surface area contributed by atoms with Crippen molar-refractivity contribution in [2.24, 2.45) is 11.8 Å². The van der Waals surface area contributed by atoms with Gasteiger partial charge in [-0.15, -0.1) is 0 Å². The quantitative estimate of drug-likeness (QED) is 0.249. The zero-order valence-electron chi connectivity index (χ0n) is 25.6. The van der Waals surface area contributed by atoms with Gasteiger partial charge in [-0.05, 0) is 74.6 Å². The van der Waals surface area contributed by atoms with Crippen molar-refractivity contribution >= 4 is 51.6 Å². The Kier molecular flexibility index (Phi) is 7.08. The van der Waals surface area contributed by atoms with Crippen molar-refractivity contribution in [3.05, 3.63) is 87.2 Å². The van der Waals surface area contributed by atoms with Crippen LogP contribution in [-0.4, -0.2) is 63.7 Å². The van der Waals surface area contributed by atoms with Crippen LogP contribution in [0.15, 0.2) is 54.6 Å². The number of hydrogen-bond acceptors (Lipinski definition) is 5. The van der Waals surface area contributed by atoms with Gasteiger partial charge in [0.25, 0.3) is 5.91 Å². The van der Waals surface area contributed by atoms with Gasteiger partial charge >= 0.3 is 0 Å². The zero-order valence-corrected chi connectivity index (χ0v) is 27.1. The average Bonchev–Trinajstić information content (AvgIpc) is 3.71. The number of ether oxygens (including phenoxy) is 1. The van der Waals surface area contributed by atoms with E-state index in [9.17, 15) is 9.59 Å². The van der Waals surface area contributed by atoms with Gasteiger partial charge in [0.1, 0.15) is 18.0 Å². The van der Waals surface area contributed by atoms with Crippen molar-refractivity contribution < 1.29 is 18.7 Å². The molecular weight excluding hydrogens is 628 g/mol. The molecule has 1 aromatic heterocycles. The second-order valence-corrected chi connectivity index (χ2v) is 13.7. The Bertz CT molecular complexity index is 1910. The van der Waals surface area contributed by atoms with Crippen LogP contribution in [0.3, 0.4) is 0 Å². The van der Waals surface area contributed by atoms with E-state index in [2.05, 4.69) is 10.2 Å². The first-order valence-electron chi connectivity index (χ1n) is 16.0. The summed E-state index contributed by atoms with van der Waals surface area (Å²) in [6.07, 6.45) is 2.16. The molecule has 0 unspecified atom stereocenters. The first-order chi connectivity index (χ1) is 22.3. The van der Waals surface area contributed by atoms with E-state index in [1.54, 1.807) is 29.2 Å². The lowest BCUT2D eigenvalue weighted by Gasteiger charge is -2.40. The van der Waals surface area contributed by atoms with Crippen LogP contribution in [0.2, 0.25) is 10.0 Å². The first-order valence-corrected chi connectivity index (χ1v) is 16.8. The minimum atomic E-state index is -1.21. The van der Waals surface area contributed by atoms with Gasteiger partial charge in [0, 0.05) is 59.9 Å². The number of rotatable bonds is 6. The SMILES string of the molecule is CCN(CC)C(=O)c1ccc2c3n(nc2c1)C[C@@H]1[C@H](CO3)N(CC2CC2)[C@@]2(C(=O)Nc3cc(Cl)ccc32)[C@H]1c1cccc(Cl)c1F. The molecule has 2 fully saturated rings. The molecule has 2 amide bonds. The molecule has 1 aliphatic carbocycles. The molecule has 4 heterocycles. The minimum absolute atomic E-state index is 0.0142. The van der Waals surface area contributed by atoms with Crippen LogP contribution < -0.4 is 10.1 Å². The number of benzene rings is 3. The predicted molar refractivity (Wildman–Crippen MR) is 175 cm³/mol. The number of anilines is 1. The molecule has 4 aliphatic rings. The third-order valence-electron chi connectivity index (χ3n) is 10.4. The summed E-state index contributed by atoms with van der Waals surface area (Å²) in [5.41, 5.74) is 1.82. The number of fused-ring (bicyclic) bond motifs is 6. The fourth-order valence-electron chi connectivity index (χ4n) is 8.18. The number of carbonyl (C=O) groups is 2. The second kappa shape index (κ2) is 11.0. The Balaban J connectivity index is 1.30. The maximum absolute atomic E-state index is 16.2. The fourth-order valence-corrected chi connectivity index (χ4v) is 8.53. The Morgan fingerprint density at radius 1 is 1.13 bits per heavy atom. The highest BCUT2D eigenvalue weighted by molar-refractivity contribution is 6.31. The summed E-state index contributed by atoms with van der Waals surface area (Å²) in [7, 11) is 0. The first kappa shape index (κ1) is 29.7. The number of likely N-dealkylation sites (tertiary alicyclic amines) is 1. The second-order valence-electron chi connectivity index (χ2n) is 12.9. The lowest BCUT2D eigenvalue weighted by Crippen LogP contribution is -2.53. The van der Waals surface area contributed by atoms with Crippen molar-refractivity contribution in [1.82, 2.24) is 19.6 Å². The number of nitrogens with one attached hydrogen (secondary N) is 1. The van der Waals surface area contributed by atoms with Gasteiger partial charge in [0.2, 0.25) is 11.8 Å². The monoisotopic (exact) mass is 661 g/mol. The molecule has 1 N–H and O–H groups in total. The molecule has 3 aromatic carbocycles. The van der Waals surface area contributed by atoms with E-state index < -0.39 is 17.3 Å². The van der Waals surface area contributed by atoms with E-state index in [-0.39, 0.29) is 35.4 Å². The molecule has 0 radical (unpaired) electrons. The summed E-state index contributed by atoms with van der Waals surface area (Å²) in [4.78, 5) is 31.7. The molecule has 1 saturated heterocycles. The summed E-state index contributed by atoms with van der Waals surface area (Å²) >= 11 is 12.8. The summed E-state index contributed by atoms with van der Waals surface area (Å²) < 4.78 is 24.7. The molecular formula is C35H34Cl2FN5O3. The topological polar surface area (TPSA) is 79.7 Å². The highest BCUT2D eigenvalue weighted by atomic mass is 35.5. The van der Waals surface area contributed by atoms with Crippen LogP contribution in [0.25, 0.3) is 10.9 Å². The Labute approximate surface area is 276 Å². The van der Waals surface area contributed by atoms with Gasteiger partial charge in [-0.25, -0.2) is 9.07 Å². The van der Waals surface area contributed by atoms with Gasteiger partial charge < -0.3 is 15.0 Å². The molecule has 238 valence electrons. The number of nitrogens with zero attached hydrogens (tertiary/aromatic N) is 4. The Morgan fingerprint density at radius 3 is 2.70 bits per heavy atom. The summed E-state index contributed by atoms with van der Waals surface area (Å²) in [6, 6.07) is 15.8. The van der Waals surface area contributed by atoms with Crippen molar-refractivity contribution in [2.75, 3.05) is 31.6 Å². The van der Waals surface area contributed by atoms with Crippen LogP contribution in [0.5, 0.6) is 5.88 Å². The van der Waals surface area contributed by atoms with Gasteiger partial charge in [0.15, 0.2) is 0 Å². The Morgan fingerprint density at radius 2 is 1.93 bits per heavy atom. The molecule has 1 saturated carbocycles. The normalized spacial score (nSPS) is 25.2. The lowest BCUT2D eigenvalue weighted by molar-refractivity contribution is -0.128. The number of amides is 2. The molecule has 4 atom stereocenters. The molecule has 1 spiro atoms. The molecule has 4 aromatic rings. The smallest absolute Gasteiger partial charge is 0.253 e. The fraction of sp³-hybridized carbons (Fsp3) is 0.400. The van der Waals surface area contributed by atoms with Gasteiger partial charge in [-0.3, -0.25) is 14.5 Å². The van der Waals surface area contributed by atoms with Crippen LogP contribution in [0, 0.1) is 17.7 Å². The van der Waals surface area contributed by atoms with E-state index in [0.717, 1.165) is 23.8 Å². The van der Waals surface area contributed by atoms with Crippen molar-refractivity contribution in [3.63, 3.8) is 0 Å². The van der Waals surface area contributed by atoms with Crippen molar-refractivity contribution in [1.29, 1.82) is 0 Å². The summed E-state index contributed by atoms with van der Waals surface area (Å²) in [5, 5.41) is 9.39. The molecule has 46 heavy (non-hydrogen) atoms. The Hall–Kier alpha value is -3.66. The van der Waals surface area contributed by atoms with Crippen molar-refractivity contribution in [2.45, 2.75) is 50.7 Å². The van der Waals surface area contributed by atoms with E-state index in [1.165, 1.54) is 6.07 Å².